The van der Waals surface area contributed by atoms with Crippen LogP contribution in [0.3, 0.4) is 0 Å². The monoisotopic (exact) mass is 352 g/mol. The third-order valence-electron chi connectivity index (χ3n) is 3.51. The fraction of sp³-hybridized carbons (Fsp3) is 0.529. The zero-order valence-corrected chi connectivity index (χ0v) is 15.9. The molecule has 1 aromatic carbocycles. The van der Waals surface area contributed by atoms with Gasteiger partial charge in [0.15, 0.2) is 10.2 Å². The molecule has 0 saturated heterocycles. The van der Waals surface area contributed by atoms with Crippen LogP contribution < -0.4 is 21.5 Å². The molecule has 128 valence electrons. The van der Waals surface area contributed by atoms with Gasteiger partial charge in [0.2, 0.25) is 0 Å². The number of nitrogens with one attached hydrogen (secondary N) is 4. The molecular weight excluding hydrogens is 324 g/mol. The van der Waals surface area contributed by atoms with Crippen LogP contribution in [0.5, 0.6) is 0 Å². The molecule has 1 rings (SSSR count). The molecule has 1 aromatic rings. The molecule has 23 heavy (non-hydrogen) atoms. The van der Waals surface area contributed by atoms with Crippen molar-refractivity contribution in [2.45, 2.75) is 46.5 Å². The van der Waals surface area contributed by atoms with Crippen molar-refractivity contribution in [3.63, 3.8) is 0 Å². The highest BCUT2D eigenvalue weighted by molar-refractivity contribution is 7.80. The highest BCUT2D eigenvalue weighted by Gasteiger charge is 2.03. The van der Waals surface area contributed by atoms with Gasteiger partial charge in [-0.1, -0.05) is 50.8 Å². The van der Waals surface area contributed by atoms with Crippen LogP contribution in [0.2, 0.25) is 0 Å². The second kappa shape index (κ2) is 11.2. The van der Waals surface area contributed by atoms with Crippen molar-refractivity contribution >= 4 is 40.3 Å². The summed E-state index contributed by atoms with van der Waals surface area (Å²) in [4.78, 5) is 0. The number of hydrazine groups is 1. The average molecular weight is 353 g/mol. The second-order valence-corrected chi connectivity index (χ2v) is 6.70. The molecule has 1 atom stereocenters. The average Bonchev–Trinajstić information content (AvgIpc) is 2.53. The first-order chi connectivity index (χ1) is 11.0. The van der Waals surface area contributed by atoms with Gasteiger partial charge >= 0.3 is 0 Å². The first kappa shape index (κ1) is 19.6. The Kier molecular flexibility index (Phi) is 9.55. The van der Waals surface area contributed by atoms with E-state index >= 15 is 0 Å². The highest BCUT2D eigenvalue weighted by atomic mass is 32.1. The standard InChI is InChI=1S/C17H28N4S2/c1-4-5-6-7-14(3)12-18-16(22)20-21-17(23)19-15-10-8-13(2)9-11-15/h8-11,14H,4-7,12H2,1-3H3,(H2,18,20,22)(H2,19,21,23)/t14-/m0/s1. The molecule has 6 heteroatoms. The lowest BCUT2D eigenvalue weighted by atomic mass is 10.0. The molecule has 0 aliphatic rings. The second-order valence-electron chi connectivity index (χ2n) is 5.88. The van der Waals surface area contributed by atoms with Gasteiger partial charge in [0.1, 0.15) is 0 Å². The van der Waals surface area contributed by atoms with Gasteiger partial charge in [-0.15, -0.1) is 0 Å². The summed E-state index contributed by atoms with van der Waals surface area (Å²) < 4.78 is 0. The molecule has 0 bridgehead atoms. The molecule has 0 aliphatic carbocycles. The van der Waals surface area contributed by atoms with Crippen molar-refractivity contribution in [2.75, 3.05) is 11.9 Å². The molecule has 4 N–H and O–H groups in total. The summed E-state index contributed by atoms with van der Waals surface area (Å²) in [6.07, 6.45) is 5.07. The van der Waals surface area contributed by atoms with Crippen LogP contribution in [-0.2, 0) is 0 Å². The zero-order valence-electron chi connectivity index (χ0n) is 14.2. The third kappa shape index (κ3) is 9.36. The highest BCUT2D eigenvalue weighted by Crippen LogP contribution is 2.08. The van der Waals surface area contributed by atoms with Crippen LogP contribution in [-0.4, -0.2) is 16.8 Å². The van der Waals surface area contributed by atoms with E-state index in [0.29, 0.717) is 16.1 Å². The van der Waals surface area contributed by atoms with Gasteiger partial charge < -0.3 is 10.6 Å². The Labute approximate surface area is 150 Å². The van der Waals surface area contributed by atoms with Crippen LogP contribution in [0.15, 0.2) is 24.3 Å². The van der Waals surface area contributed by atoms with Crippen molar-refractivity contribution < 1.29 is 0 Å². The lowest BCUT2D eigenvalue weighted by Gasteiger charge is -2.16. The van der Waals surface area contributed by atoms with Crippen LogP contribution in [0.1, 0.15) is 45.1 Å². The predicted octanol–water partition coefficient (Wildman–Crippen LogP) is 3.88. The van der Waals surface area contributed by atoms with E-state index in [-0.39, 0.29) is 0 Å². The Bertz CT molecular complexity index is 488. The number of hydrogen-bond acceptors (Lipinski definition) is 2. The molecule has 0 unspecified atom stereocenters. The summed E-state index contributed by atoms with van der Waals surface area (Å²) in [5.74, 6) is 0.610. The molecule has 0 spiro atoms. The maximum absolute atomic E-state index is 5.24. The van der Waals surface area contributed by atoms with Crippen LogP contribution >= 0.6 is 24.4 Å². The van der Waals surface area contributed by atoms with Gasteiger partial charge in [-0.05, 0) is 55.8 Å². The third-order valence-corrected chi connectivity index (χ3v) is 3.96. The van der Waals surface area contributed by atoms with Crippen molar-refractivity contribution in [2.24, 2.45) is 5.92 Å². The van der Waals surface area contributed by atoms with E-state index < -0.39 is 0 Å². The van der Waals surface area contributed by atoms with E-state index in [0.717, 1.165) is 12.2 Å². The van der Waals surface area contributed by atoms with E-state index in [1.54, 1.807) is 0 Å². The lowest BCUT2D eigenvalue weighted by molar-refractivity contribution is 0.486. The number of anilines is 1. The minimum Gasteiger partial charge on any atom is -0.361 e. The Hall–Kier alpha value is -1.40. The van der Waals surface area contributed by atoms with E-state index in [1.165, 1.54) is 31.2 Å². The maximum atomic E-state index is 5.24. The summed E-state index contributed by atoms with van der Waals surface area (Å²) in [5, 5.41) is 7.34. The van der Waals surface area contributed by atoms with E-state index in [2.05, 4.69) is 42.3 Å². The molecule has 4 nitrogen and oxygen atoms in total. The number of rotatable bonds is 7. The number of hydrogen-bond donors (Lipinski definition) is 4. The molecule has 0 fully saturated rings. The smallest absolute Gasteiger partial charge is 0.189 e. The Morgan fingerprint density at radius 2 is 1.70 bits per heavy atom. The minimum absolute atomic E-state index is 0.481. The van der Waals surface area contributed by atoms with Gasteiger partial charge in [-0.3, -0.25) is 10.9 Å². The maximum Gasteiger partial charge on any atom is 0.189 e. The SMILES string of the molecule is CCCCC[C@H](C)CNC(=S)NNC(=S)Nc1ccc(C)cc1. The normalized spacial score (nSPS) is 11.4. The molecule has 0 saturated carbocycles. The van der Waals surface area contributed by atoms with E-state index in [4.69, 9.17) is 24.4 Å². The summed E-state index contributed by atoms with van der Waals surface area (Å²) in [7, 11) is 0. The zero-order chi connectivity index (χ0) is 17.1. The fourth-order valence-corrected chi connectivity index (χ4v) is 2.37. The Morgan fingerprint density at radius 1 is 1.04 bits per heavy atom. The van der Waals surface area contributed by atoms with Gasteiger partial charge in [0.25, 0.3) is 0 Å². The number of aryl methyl sites for hydroxylation is 1. The summed E-state index contributed by atoms with van der Waals surface area (Å²) in [5.41, 5.74) is 7.95. The van der Waals surface area contributed by atoms with E-state index in [9.17, 15) is 0 Å². The van der Waals surface area contributed by atoms with Crippen molar-refractivity contribution in [1.82, 2.24) is 16.2 Å². The van der Waals surface area contributed by atoms with Crippen LogP contribution in [0.25, 0.3) is 0 Å². The number of thiocarbonyl (C=S) groups is 2. The summed E-state index contributed by atoms with van der Waals surface area (Å²) in [6.45, 7) is 7.38. The first-order valence-corrected chi connectivity index (χ1v) is 9.00. The Balaban J connectivity index is 2.17. The molecule has 0 heterocycles. The molecule has 0 aliphatic heterocycles. The van der Waals surface area contributed by atoms with Crippen LogP contribution in [0, 0.1) is 12.8 Å². The van der Waals surface area contributed by atoms with Crippen LogP contribution in [0.4, 0.5) is 5.69 Å². The predicted molar refractivity (Wildman–Crippen MR) is 108 cm³/mol. The molecule has 0 aromatic heterocycles. The van der Waals surface area contributed by atoms with Gasteiger partial charge in [-0.2, -0.15) is 0 Å². The summed E-state index contributed by atoms with van der Waals surface area (Å²) >= 11 is 10.5. The first-order valence-electron chi connectivity index (χ1n) is 8.18. The summed E-state index contributed by atoms with van der Waals surface area (Å²) in [6, 6.07) is 8.03. The van der Waals surface area contributed by atoms with Gasteiger partial charge in [0, 0.05) is 12.2 Å². The molecule has 0 radical (unpaired) electrons. The van der Waals surface area contributed by atoms with E-state index in [1.807, 2.05) is 24.3 Å². The molecule has 0 amide bonds. The largest absolute Gasteiger partial charge is 0.361 e. The molecular formula is C17H28N4S2. The number of benzene rings is 1. The topological polar surface area (TPSA) is 48.1 Å². The van der Waals surface area contributed by atoms with Crippen molar-refractivity contribution in [3.05, 3.63) is 29.8 Å². The lowest BCUT2D eigenvalue weighted by Crippen LogP contribution is -2.48. The van der Waals surface area contributed by atoms with Gasteiger partial charge in [-0.25, -0.2) is 0 Å². The fourth-order valence-electron chi connectivity index (χ4n) is 2.07. The number of unbranched alkanes of at least 4 members (excludes halogenated alkanes) is 2. The quantitative estimate of drug-likeness (QED) is 0.339. The van der Waals surface area contributed by atoms with Crippen molar-refractivity contribution in [3.8, 4) is 0 Å². The minimum atomic E-state index is 0.481. The van der Waals surface area contributed by atoms with Crippen molar-refractivity contribution in [1.29, 1.82) is 0 Å². The van der Waals surface area contributed by atoms with Gasteiger partial charge in [0.05, 0.1) is 0 Å². The Morgan fingerprint density at radius 3 is 2.35 bits per heavy atom.